The Morgan fingerprint density at radius 1 is 1.07 bits per heavy atom. The zero-order valence-electron chi connectivity index (χ0n) is 9.97. The largest absolute Gasteiger partial charge is 0.374 e. The van der Waals surface area contributed by atoms with Crippen LogP contribution in [-0.4, -0.2) is 16.1 Å². The van der Waals surface area contributed by atoms with E-state index < -0.39 is 0 Å². The highest BCUT2D eigenvalue weighted by Crippen LogP contribution is 2.38. The van der Waals surface area contributed by atoms with Crippen LogP contribution in [0.4, 0.5) is 0 Å². The number of hydrogen-bond acceptors (Lipinski definition) is 1. The Labute approximate surface area is 107 Å². The molecule has 2 unspecified atom stereocenters. The summed E-state index contributed by atoms with van der Waals surface area (Å²) in [6.45, 7) is 4.78. The maximum atomic E-state index is 6.25. The van der Waals surface area contributed by atoms with Crippen molar-refractivity contribution in [2.75, 3.05) is 0 Å². The van der Waals surface area contributed by atoms with Crippen LogP contribution < -0.4 is 0 Å². The van der Waals surface area contributed by atoms with Crippen LogP contribution >= 0.6 is 22.6 Å². The molecule has 0 aromatic heterocycles. The number of halogens is 1. The van der Waals surface area contributed by atoms with Crippen molar-refractivity contribution >= 4 is 22.6 Å². The number of hydrogen-bond donors (Lipinski definition) is 0. The normalized spacial score (nSPS) is 37.0. The first-order valence-electron chi connectivity index (χ1n) is 6.36. The number of rotatable bonds is 2. The van der Waals surface area contributed by atoms with Crippen molar-refractivity contribution in [1.29, 1.82) is 0 Å². The van der Waals surface area contributed by atoms with Gasteiger partial charge in [0.25, 0.3) is 0 Å². The van der Waals surface area contributed by atoms with Gasteiger partial charge in [0.15, 0.2) is 0 Å². The Bertz CT molecular complexity index is 205. The molecule has 2 fully saturated rings. The van der Waals surface area contributed by atoms with E-state index in [1.807, 2.05) is 0 Å². The Kier molecular flexibility index (Phi) is 3.98. The lowest BCUT2D eigenvalue weighted by Crippen LogP contribution is -2.31. The van der Waals surface area contributed by atoms with Crippen LogP contribution in [0.1, 0.15) is 58.8 Å². The fourth-order valence-corrected chi connectivity index (χ4v) is 3.76. The molecular formula is C13H23IO. The lowest BCUT2D eigenvalue weighted by atomic mass is 9.76. The predicted octanol–water partition coefficient (Wildman–Crippen LogP) is 4.33. The summed E-state index contributed by atoms with van der Waals surface area (Å²) in [7, 11) is 0. The molecule has 1 nitrogen and oxygen atoms in total. The summed E-state index contributed by atoms with van der Waals surface area (Å²) in [5.41, 5.74) is 0.569. The molecule has 0 aliphatic heterocycles. The molecule has 0 N–H and O–H groups in total. The molecule has 2 aliphatic carbocycles. The van der Waals surface area contributed by atoms with E-state index in [2.05, 4.69) is 36.4 Å². The Balaban J connectivity index is 1.77. The fraction of sp³-hybridized carbons (Fsp3) is 1.00. The highest BCUT2D eigenvalue weighted by molar-refractivity contribution is 14.1. The maximum Gasteiger partial charge on any atom is 0.0696 e. The van der Waals surface area contributed by atoms with Crippen LogP contribution in [-0.2, 0) is 4.74 Å². The smallest absolute Gasteiger partial charge is 0.0696 e. The van der Waals surface area contributed by atoms with Crippen LogP contribution in [0, 0.1) is 5.41 Å². The van der Waals surface area contributed by atoms with Crippen molar-refractivity contribution in [2.45, 2.75) is 74.9 Å². The van der Waals surface area contributed by atoms with E-state index in [0.717, 1.165) is 3.92 Å². The summed E-state index contributed by atoms with van der Waals surface area (Å²) in [6, 6.07) is 0. The molecule has 2 aliphatic rings. The molecule has 2 saturated carbocycles. The molecule has 2 heteroatoms. The average Bonchev–Trinajstić information content (AvgIpc) is 2.56. The summed E-state index contributed by atoms with van der Waals surface area (Å²) in [5.74, 6) is 0. The van der Waals surface area contributed by atoms with Crippen LogP contribution in [0.3, 0.4) is 0 Å². The monoisotopic (exact) mass is 322 g/mol. The number of alkyl halides is 1. The Morgan fingerprint density at radius 3 is 2.27 bits per heavy atom. The standard InChI is InChI=1S/C13H23IO/c1-13(2)8-6-10(7-9-13)15-12-5-3-4-11(12)14/h10-12H,3-9H2,1-2H3. The molecule has 2 rings (SSSR count). The van der Waals surface area contributed by atoms with Gasteiger partial charge in [-0.1, -0.05) is 36.4 Å². The van der Waals surface area contributed by atoms with Gasteiger partial charge in [0, 0.05) is 3.92 Å². The van der Waals surface area contributed by atoms with Gasteiger partial charge in [-0.05, 0) is 50.4 Å². The maximum absolute atomic E-state index is 6.25. The molecule has 0 heterocycles. The molecule has 0 amide bonds. The van der Waals surface area contributed by atoms with Crippen molar-refractivity contribution in [2.24, 2.45) is 5.41 Å². The van der Waals surface area contributed by atoms with Gasteiger partial charge in [-0.2, -0.15) is 0 Å². The topological polar surface area (TPSA) is 9.23 Å². The lowest BCUT2D eigenvalue weighted by Gasteiger charge is -2.35. The Morgan fingerprint density at radius 2 is 1.73 bits per heavy atom. The SMILES string of the molecule is CC1(C)CCC(OC2CCCC2I)CC1. The van der Waals surface area contributed by atoms with E-state index in [-0.39, 0.29) is 0 Å². The molecule has 15 heavy (non-hydrogen) atoms. The van der Waals surface area contributed by atoms with Crippen LogP contribution in [0.25, 0.3) is 0 Å². The van der Waals surface area contributed by atoms with E-state index in [1.54, 1.807) is 0 Å². The van der Waals surface area contributed by atoms with Gasteiger partial charge in [-0.25, -0.2) is 0 Å². The first-order valence-corrected chi connectivity index (χ1v) is 7.61. The number of ether oxygens (including phenoxy) is 1. The molecule has 0 aromatic rings. The molecular weight excluding hydrogens is 299 g/mol. The molecule has 0 saturated heterocycles. The van der Waals surface area contributed by atoms with Gasteiger partial charge in [-0.15, -0.1) is 0 Å². The molecule has 0 radical (unpaired) electrons. The minimum absolute atomic E-state index is 0.566. The van der Waals surface area contributed by atoms with E-state index in [4.69, 9.17) is 4.74 Å². The lowest BCUT2D eigenvalue weighted by molar-refractivity contribution is -0.0382. The van der Waals surface area contributed by atoms with Crippen molar-refractivity contribution < 1.29 is 4.74 Å². The van der Waals surface area contributed by atoms with E-state index >= 15 is 0 Å². The minimum Gasteiger partial charge on any atom is -0.374 e. The van der Waals surface area contributed by atoms with Gasteiger partial charge in [-0.3, -0.25) is 0 Å². The second-order valence-electron chi connectivity index (χ2n) is 5.99. The van der Waals surface area contributed by atoms with Crippen molar-refractivity contribution in [3.8, 4) is 0 Å². The van der Waals surface area contributed by atoms with Gasteiger partial charge < -0.3 is 4.74 Å². The predicted molar refractivity (Wildman–Crippen MR) is 72.6 cm³/mol. The first-order chi connectivity index (χ1) is 7.07. The zero-order valence-corrected chi connectivity index (χ0v) is 12.1. The third kappa shape index (κ3) is 3.32. The first kappa shape index (κ1) is 12.2. The van der Waals surface area contributed by atoms with Crippen LogP contribution in [0.2, 0.25) is 0 Å². The highest BCUT2D eigenvalue weighted by atomic mass is 127. The van der Waals surface area contributed by atoms with Crippen molar-refractivity contribution in [3.05, 3.63) is 0 Å². The summed E-state index contributed by atoms with van der Waals surface area (Å²) < 4.78 is 7.03. The van der Waals surface area contributed by atoms with Gasteiger partial charge in [0.05, 0.1) is 12.2 Å². The van der Waals surface area contributed by atoms with E-state index in [1.165, 1.54) is 44.9 Å². The summed E-state index contributed by atoms with van der Waals surface area (Å²) in [6.07, 6.45) is 10.4. The third-order valence-corrected chi connectivity index (χ3v) is 5.45. The molecule has 0 aromatic carbocycles. The summed E-state index contributed by atoms with van der Waals surface area (Å²) in [5, 5.41) is 0. The van der Waals surface area contributed by atoms with Crippen LogP contribution in [0.15, 0.2) is 0 Å². The second kappa shape index (κ2) is 4.91. The average molecular weight is 322 g/mol. The van der Waals surface area contributed by atoms with Gasteiger partial charge in [0.1, 0.15) is 0 Å². The zero-order chi connectivity index (χ0) is 10.9. The van der Waals surface area contributed by atoms with Gasteiger partial charge in [0.2, 0.25) is 0 Å². The molecule has 0 bridgehead atoms. The van der Waals surface area contributed by atoms with Crippen LogP contribution in [0.5, 0.6) is 0 Å². The fourth-order valence-electron chi connectivity index (χ4n) is 2.79. The minimum atomic E-state index is 0.566. The summed E-state index contributed by atoms with van der Waals surface area (Å²) >= 11 is 2.57. The Hall–Kier alpha value is 0.690. The molecule has 0 spiro atoms. The quantitative estimate of drug-likeness (QED) is 0.543. The van der Waals surface area contributed by atoms with Gasteiger partial charge >= 0.3 is 0 Å². The van der Waals surface area contributed by atoms with E-state index in [0.29, 0.717) is 17.6 Å². The molecule has 2 atom stereocenters. The highest BCUT2D eigenvalue weighted by Gasteiger charge is 2.32. The second-order valence-corrected chi connectivity index (χ2v) is 7.58. The third-order valence-electron chi connectivity index (χ3n) is 4.03. The van der Waals surface area contributed by atoms with Crippen molar-refractivity contribution in [3.63, 3.8) is 0 Å². The summed E-state index contributed by atoms with van der Waals surface area (Å²) in [4.78, 5) is 0. The van der Waals surface area contributed by atoms with Crippen molar-refractivity contribution in [1.82, 2.24) is 0 Å². The molecule has 88 valence electrons. The van der Waals surface area contributed by atoms with E-state index in [9.17, 15) is 0 Å².